The molecule has 0 heterocycles. The van der Waals surface area contributed by atoms with E-state index in [2.05, 4.69) is 6.92 Å². The van der Waals surface area contributed by atoms with Gasteiger partial charge in [-0.25, -0.2) is 4.79 Å². The summed E-state index contributed by atoms with van der Waals surface area (Å²) in [6.07, 6.45) is 6.25. The maximum atomic E-state index is 10.8. The van der Waals surface area contributed by atoms with E-state index in [0.29, 0.717) is 0 Å². The summed E-state index contributed by atoms with van der Waals surface area (Å²) in [5.41, 5.74) is 0. The maximum absolute atomic E-state index is 10.8. The zero-order chi connectivity index (χ0) is 9.40. The van der Waals surface area contributed by atoms with Gasteiger partial charge < -0.3 is 9.64 Å². The van der Waals surface area contributed by atoms with E-state index >= 15 is 0 Å². The first-order chi connectivity index (χ1) is 5.68. The minimum atomic E-state index is -0.331. The van der Waals surface area contributed by atoms with Crippen LogP contribution in [0.4, 0.5) is 4.79 Å². The summed E-state index contributed by atoms with van der Waals surface area (Å²) in [6, 6.07) is 0. The molecule has 0 N–H and O–H groups in total. The van der Waals surface area contributed by atoms with Crippen molar-refractivity contribution in [3.63, 3.8) is 0 Å². The first-order valence-electron chi connectivity index (χ1n) is 4.21. The molecule has 0 fully saturated rings. The Bertz CT molecular complexity index is 153. The van der Waals surface area contributed by atoms with Crippen LogP contribution >= 0.6 is 0 Å². The number of carbonyl (C=O) groups excluding carboxylic acids is 1. The van der Waals surface area contributed by atoms with Crippen LogP contribution in [-0.4, -0.2) is 25.1 Å². The number of nitrogens with zero attached hydrogens (tertiary/aromatic N) is 1. The minimum Gasteiger partial charge on any atom is -0.419 e. The van der Waals surface area contributed by atoms with Gasteiger partial charge in [0.25, 0.3) is 0 Å². The Balaban J connectivity index is 3.40. The summed E-state index contributed by atoms with van der Waals surface area (Å²) in [5.74, 6) is 0. The molecule has 3 nitrogen and oxygen atoms in total. The number of hydrogen-bond donors (Lipinski definition) is 0. The molecule has 0 aromatic rings. The van der Waals surface area contributed by atoms with Crippen molar-refractivity contribution in [2.75, 3.05) is 14.1 Å². The van der Waals surface area contributed by atoms with E-state index in [-0.39, 0.29) is 6.09 Å². The van der Waals surface area contributed by atoms with Crippen molar-refractivity contribution in [3.05, 3.63) is 12.3 Å². The van der Waals surface area contributed by atoms with E-state index in [1.54, 1.807) is 14.1 Å². The quantitative estimate of drug-likeness (QED) is 0.480. The van der Waals surface area contributed by atoms with Crippen molar-refractivity contribution in [1.29, 1.82) is 0 Å². The summed E-state index contributed by atoms with van der Waals surface area (Å²) in [5, 5.41) is 0. The first-order valence-corrected chi connectivity index (χ1v) is 4.21. The van der Waals surface area contributed by atoms with Crippen molar-refractivity contribution >= 4 is 6.09 Å². The predicted octanol–water partition coefficient (Wildman–Crippen LogP) is 2.39. The van der Waals surface area contributed by atoms with Crippen LogP contribution in [0.15, 0.2) is 12.3 Å². The summed E-state index contributed by atoms with van der Waals surface area (Å²) < 4.78 is 4.76. The molecule has 0 saturated heterocycles. The average Bonchev–Trinajstić information content (AvgIpc) is 2.03. The number of amides is 1. The molecule has 0 aliphatic carbocycles. The zero-order valence-corrected chi connectivity index (χ0v) is 8.04. The number of ether oxygens (including phenoxy) is 1. The van der Waals surface area contributed by atoms with E-state index in [1.807, 2.05) is 6.08 Å². The highest BCUT2D eigenvalue weighted by Crippen LogP contribution is 1.95. The normalized spacial score (nSPS) is 10.2. The summed E-state index contributed by atoms with van der Waals surface area (Å²) >= 11 is 0. The number of carbonyl (C=O) groups is 1. The van der Waals surface area contributed by atoms with Crippen LogP contribution in [0.1, 0.15) is 26.2 Å². The van der Waals surface area contributed by atoms with Crippen LogP contribution in [-0.2, 0) is 4.74 Å². The fourth-order valence-electron chi connectivity index (χ4n) is 0.602. The molecule has 12 heavy (non-hydrogen) atoms. The Labute approximate surface area is 74.0 Å². The largest absolute Gasteiger partial charge is 0.419 e. The molecule has 0 aromatic heterocycles. The van der Waals surface area contributed by atoms with Crippen molar-refractivity contribution in [3.8, 4) is 0 Å². The van der Waals surface area contributed by atoms with Gasteiger partial charge in [-0.15, -0.1) is 0 Å². The van der Waals surface area contributed by atoms with Gasteiger partial charge in [0.15, 0.2) is 0 Å². The van der Waals surface area contributed by atoms with Crippen molar-refractivity contribution in [2.24, 2.45) is 0 Å². The van der Waals surface area contributed by atoms with Crippen molar-refractivity contribution < 1.29 is 9.53 Å². The van der Waals surface area contributed by atoms with Gasteiger partial charge in [-0.1, -0.05) is 13.3 Å². The van der Waals surface area contributed by atoms with Gasteiger partial charge in [0.1, 0.15) is 0 Å². The minimum absolute atomic E-state index is 0.331. The standard InChI is InChI=1S/C9H17NO2/c1-4-5-6-7-8-12-9(11)10(2)3/h7-8H,4-6H2,1-3H3. The molecule has 1 amide bonds. The van der Waals surface area contributed by atoms with Gasteiger partial charge in [0, 0.05) is 14.1 Å². The van der Waals surface area contributed by atoms with Crippen LogP contribution in [0.3, 0.4) is 0 Å². The highest BCUT2D eigenvalue weighted by Gasteiger charge is 1.99. The second kappa shape index (κ2) is 6.70. The molecular weight excluding hydrogens is 154 g/mol. The Hall–Kier alpha value is -0.990. The molecule has 0 aliphatic heterocycles. The molecule has 70 valence electrons. The van der Waals surface area contributed by atoms with Gasteiger partial charge in [-0.3, -0.25) is 0 Å². The number of unbranched alkanes of at least 4 members (excludes halogenated alkanes) is 2. The molecule has 0 atom stereocenters. The highest BCUT2D eigenvalue weighted by molar-refractivity contribution is 5.67. The lowest BCUT2D eigenvalue weighted by molar-refractivity contribution is 0.156. The van der Waals surface area contributed by atoms with Gasteiger partial charge in [-0.05, 0) is 18.9 Å². The zero-order valence-electron chi connectivity index (χ0n) is 8.04. The number of allylic oxidation sites excluding steroid dienone is 1. The molecule has 0 spiro atoms. The van der Waals surface area contributed by atoms with Gasteiger partial charge in [-0.2, -0.15) is 0 Å². The number of rotatable bonds is 4. The predicted molar refractivity (Wildman–Crippen MR) is 48.8 cm³/mol. The summed E-state index contributed by atoms with van der Waals surface area (Å²) in [4.78, 5) is 12.2. The Morgan fingerprint density at radius 1 is 1.50 bits per heavy atom. The maximum Gasteiger partial charge on any atom is 0.414 e. The second-order valence-electron chi connectivity index (χ2n) is 2.79. The lowest BCUT2D eigenvalue weighted by atomic mass is 10.2. The number of hydrogen-bond acceptors (Lipinski definition) is 2. The van der Waals surface area contributed by atoms with Crippen LogP contribution in [0.5, 0.6) is 0 Å². The van der Waals surface area contributed by atoms with Crippen LogP contribution in [0.2, 0.25) is 0 Å². The fraction of sp³-hybridized carbons (Fsp3) is 0.667. The topological polar surface area (TPSA) is 29.5 Å². The summed E-state index contributed by atoms with van der Waals surface area (Å²) in [7, 11) is 3.31. The lowest BCUT2D eigenvalue weighted by Gasteiger charge is -2.06. The molecule has 0 rings (SSSR count). The third-order valence-electron chi connectivity index (χ3n) is 1.35. The van der Waals surface area contributed by atoms with Gasteiger partial charge >= 0.3 is 6.09 Å². The summed E-state index contributed by atoms with van der Waals surface area (Å²) in [6.45, 7) is 2.12. The van der Waals surface area contributed by atoms with Crippen molar-refractivity contribution in [2.45, 2.75) is 26.2 Å². The van der Waals surface area contributed by atoms with Crippen LogP contribution in [0, 0.1) is 0 Å². The Morgan fingerprint density at radius 3 is 2.67 bits per heavy atom. The SMILES string of the molecule is CCCCC=COC(=O)N(C)C. The third kappa shape index (κ3) is 5.77. The molecule has 0 aromatic carbocycles. The van der Waals surface area contributed by atoms with Crippen molar-refractivity contribution in [1.82, 2.24) is 4.90 Å². The van der Waals surface area contributed by atoms with Crippen LogP contribution in [0.25, 0.3) is 0 Å². The smallest absolute Gasteiger partial charge is 0.414 e. The fourth-order valence-corrected chi connectivity index (χ4v) is 0.602. The molecule has 0 radical (unpaired) electrons. The highest BCUT2D eigenvalue weighted by atomic mass is 16.5. The lowest BCUT2D eigenvalue weighted by Crippen LogP contribution is -2.20. The Kier molecular flexibility index (Phi) is 6.15. The monoisotopic (exact) mass is 171 g/mol. The van der Waals surface area contributed by atoms with E-state index in [1.165, 1.54) is 11.2 Å². The Morgan fingerprint density at radius 2 is 2.17 bits per heavy atom. The van der Waals surface area contributed by atoms with Gasteiger partial charge in [0.05, 0.1) is 6.26 Å². The third-order valence-corrected chi connectivity index (χ3v) is 1.35. The molecule has 3 heteroatoms. The first kappa shape index (κ1) is 11.0. The van der Waals surface area contributed by atoms with E-state index < -0.39 is 0 Å². The van der Waals surface area contributed by atoms with Crippen LogP contribution < -0.4 is 0 Å². The molecule has 0 unspecified atom stereocenters. The molecular formula is C9H17NO2. The van der Waals surface area contributed by atoms with Gasteiger partial charge in [0.2, 0.25) is 0 Å². The molecule has 0 bridgehead atoms. The average molecular weight is 171 g/mol. The van der Waals surface area contributed by atoms with E-state index in [9.17, 15) is 4.79 Å². The molecule has 0 saturated carbocycles. The molecule has 0 aliphatic rings. The van der Waals surface area contributed by atoms with E-state index in [4.69, 9.17) is 4.74 Å². The second-order valence-corrected chi connectivity index (χ2v) is 2.79. The van der Waals surface area contributed by atoms with E-state index in [0.717, 1.165) is 19.3 Å².